The van der Waals surface area contributed by atoms with Crippen LogP contribution in [0, 0.1) is 5.92 Å². The largest absolute Gasteiger partial charge is 0.460 e. The lowest BCUT2D eigenvalue weighted by atomic mass is 9.97. The second-order valence-electron chi connectivity index (χ2n) is 4.32. The fraction of sp³-hybridized carbons (Fsp3) is 0.429. The van der Waals surface area contributed by atoms with Crippen LogP contribution in [-0.4, -0.2) is 17.8 Å². The minimum atomic E-state index is -0.362. The molecule has 18 heavy (non-hydrogen) atoms. The number of oxime groups is 1. The molecule has 0 spiro atoms. The first-order chi connectivity index (χ1) is 8.72. The number of carbonyl (C=O) groups excluding carboxylic acids is 1. The Morgan fingerprint density at radius 1 is 1.39 bits per heavy atom. The summed E-state index contributed by atoms with van der Waals surface area (Å²) in [6, 6.07) is 9.63. The fourth-order valence-electron chi connectivity index (χ4n) is 1.97. The van der Waals surface area contributed by atoms with Crippen molar-refractivity contribution in [3.8, 4) is 0 Å². The Labute approximate surface area is 107 Å². The van der Waals surface area contributed by atoms with Crippen LogP contribution in [0.15, 0.2) is 35.5 Å². The first-order valence-electron chi connectivity index (χ1n) is 6.15. The minimum Gasteiger partial charge on any atom is -0.460 e. The van der Waals surface area contributed by atoms with E-state index >= 15 is 0 Å². The molecule has 0 saturated carbocycles. The summed E-state index contributed by atoms with van der Waals surface area (Å²) in [7, 11) is 0. The van der Waals surface area contributed by atoms with Crippen molar-refractivity contribution in [1.29, 1.82) is 0 Å². The summed E-state index contributed by atoms with van der Waals surface area (Å²) in [6.07, 6.45) is 0.471. The van der Waals surface area contributed by atoms with Crippen LogP contribution in [0.4, 0.5) is 0 Å². The van der Waals surface area contributed by atoms with E-state index in [4.69, 9.17) is 9.57 Å². The monoisotopic (exact) mass is 247 g/mol. The molecule has 0 fully saturated rings. The molecule has 0 unspecified atom stereocenters. The average Bonchev–Trinajstić information content (AvgIpc) is 2.78. The maximum atomic E-state index is 12.0. The van der Waals surface area contributed by atoms with Crippen LogP contribution in [0.3, 0.4) is 0 Å². The molecule has 2 atom stereocenters. The Morgan fingerprint density at radius 3 is 2.78 bits per heavy atom. The van der Waals surface area contributed by atoms with Crippen molar-refractivity contribution in [2.45, 2.75) is 33.0 Å². The molecule has 4 heteroatoms. The van der Waals surface area contributed by atoms with Gasteiger partial charge in [-0.2, -0.15) is 0 Å². The summed E-state index contributed by atoms with van der Waals surface area (Å²) < 4.78 is 5.31. The zero-order valence-corrected chi connectivity index (χ0v) is 10.6. The molecular formula is C14H17NO3. The Morgan fingerprint density at radius 2 is 2.11 bits per heavy atom. The highest BCUT2D eigenvalue weighted by atomic mass is 16.6. The standard InChI is InChI=1S/C14H17NO3/c1-3-12-13(10(2)18-15-12)14(16)17-9-11-7-5-4-6-8-11/h4-8,10,13H,3,9H2,1-2H3/t10-,13-/m0/s1. The van der Waals surface area contributed by atoms with Crippen molar-refractivity contribution in [1.82, 2.24) is 0 Å². The van der Waals surface area contributed by atoms with Crippen molar-refractivity contribution in [2.24, 2.45) is 11.1 Å². The maximum Gasteiger partial charge on any atom is 0.319 e. The Bertz CT molecular complexity index is 442. The van der Waals surface area contributed by atoms with Gasteiger partial charge in [-0.3, -0.25) is 4.79 Å². The first-order valence-corrected chi connectivity index (χ1v) is 6.15. The van der Waals surface area contributed by atoms with Gasteiger partial charge in [-0.15, -0.1) is 0 Å². The lowest BCUT2D eigenvalue weighted by Crippen LogP contribution is -2.30. The first kappa shape index (κ1) is 12.6. The summed E-state index contributed by atoms with van der Waals surface area (Å²) in [5.74, 6) is -0.622. The van der Waals surface area contributed by atoms with E-state index in [1.807, 2.05) is 44.2 Å². The smallest absolute Gasteiger partial charge is 0.319 e. The second kappa shape index (κ2) is 5.67. The van der Waals surface area contributed by atoms with Crippen molar-refractivity contribution in [2.75, 3.05) is 0 Å². The van der Waals surface area contributed by atoms with Crippen LogP contribution in [0.1, 0.15) is 25.8 Å². The molecule has 1 aliphatic rings. The number of esters is 1. The van der Waals surface area contributed by atoms with Crippen LogP contribution in [0.2, 0.25) is 0 Å². The van der Waals surface area contributed by atoms with Gasteiger partial charge >= 0.3 is 5.97 Å². The van der Waals surface area contributed by atoms with Gasteiger partial charge in [-0.05, 0) is 18.9 Å². The third kappa shape index (κ3) is 2.70. The van der Waals surface area contributed by atoms with Crippen LogP contribution in [0.5, 0.6) is 0 Å². The number of hydrogen-bond acceptors (Lipinski definition) is 4. The molecule has 96 valence electrons. The molecular weight excluding hydrogens is 230 g/mol. The van der Waals surface area contributed by atoms with Crippen molar-refractivity contribution in [3.63, 3.8) is 0 Å². The summed E-state index contributed by atoms with van der Waals surface area (Å²) in [6.45, 7) is 4.08. The van der Waals surface area contributed by atoms with E-state index in [0.717, 1.165) is 11.3 Å². The Balaban J connectivity index is 1.94. The second-order valence-corrected chi connectivity index (χ2v) is 4.32. The van der Waals surface area contributed by atoms with E-state index in [-0.39, 0.29) is 18.0 Å². The van der Waals surface area contributed by atoms with Gasteiger partial charge in [0.2, 0.25) is 0 Å². The van der Waals surface area contributed by atoms with Crippen molar-refractivity contribution in [3.05, 3.63) is 35.9 Å². The number of hydrogen-bond donors (Lipinski definition) is 0. The van der Waals surface area contributed by atoms with Crippen molar-refractivity contribution >= 4 is 11.7 Å². The molecule has 0 bridgehead atoms. The highest BCUT2D eigenvalue weighted by Crippen LogP contribution is 2.22. The van der Waals surface area contributed by atoms with E-state index in [0.29, 0.717) is 13.0 Å². The van der Waals surface area contributed by atoms with E-state index in [1.54, 1.807) is 0 Å². The zero-order chi connectivity index (χ0) is 13.0. The molecule has 4 nitrogen and oxygen atoms in total. The molecule has 2 rings (SSSR count). The molecule has 1 heterocycles. The van der Waals surface area contributed by atoms with E-state index in [2.05, 4.69) is 5.16 Å². The van der Waals surface area contributed by atoms with E-state index in [1.165, 1.54) is 0 Å². The number of benzene rings is 1. The van der Waals surface area contributed by atoms with Gasteiger partial charge in [0.25, 0.3) is 0 Å². The van der Waals surface area contributed by atoms with Crippen molar-refractivity contribution < 1.29 is 14.4 Å². The van der Waals surface area contributed by atoms with Crippen LogP contribution in [0.25, 0.3) is 0 Å². The summed E-state index contributed by atoms with van der Waals surface area (Å²) >= 11 is 0. The molecule has 0 radical (unpaired) electrons. The van der Waals surface area contributed by atoms with Gasteiger partial charge in [-0.1, -0.05) is 42.4 Å². The molecule has 0 N–H and O–H groups in total. The summed E-state index contributed by atoms with van der Waals surface area (Å²) in [5.41, 5.74) is 1.74. The lowest BCUT2D eigenvalue weighted by Gasteiger charge is -2.14. The highest BCUT2D eigenvalue weighted by molar-refractivity contribution is 6.03. The van der Waals surface area contributed by atoms with Gasteiger partial charge in [0.05, 0.1) is 5.71 Å². The van der Waals surface area contributed by atoms with Crippen LogP contribution in [-0.2, 0) is 21.0 Å². The maximum absolute atomic E-state index is 12.0. The Kier molecular flexibility index (Phi) is 3.97. The predicted molar refractivity (Wildman–Crippen MR) is 68.0 cm³/mol. The Hall–Kier alpha value is -1.84. The number of nitrogens with zero attached hydrogens (tertiary/aromatic N) is 1. The molecule has 1 aromatic rings. The topological polar surface area (TPSA) is 47.9 Å². The quantitative estimate of drug-likeness (QED) is 0.768. The number of carbonyl (C=O) groups is 1. The average molecular weight is 247 g/mol. The van der Waals surface area contributed by atoms with Gasteiger partial charge in [0, 0.05) is 0 Å². The van der Waals surface area contributed by atoms with E-state index < -0.39 is 0 Å². The molecule has 0 saturated heterocycles. The molecule has 0 amide bonds. The third-order valence-electron chi connectivity index (χ3n) is 3.00. The minimum absolute atomic E-state index is 0.233. The number of rotatable bonds is 4. The SMILES string of the molecule is CCC1=NO[C@@H](C)[C@@H]1C(=O)OCc1ccccc1. The van der Waals surface area contributed by atoms with Gasteiger partial charge in [0.15, 0.2) is 0 Å². The number of ether oxygens (including phenoxy) is 1. The molecule has 1 aliphatic heterocycles. The fourth-order valence-corrected chi connectivity index (χ4v) is 1.97. The molecule has 0 aromatic heterocycles. The van der Waals surface area contributed by atoms with Crippen LogP contribution < -0.4 is 0 Å². The highest BCUT2D eigenvalue weighted by Gasteiger charge is 2.37. The third-order valence-corrected chi connectivity index (χ3v) is 3.00. The zero-order valence-electron chi connectivity index (χ0n) is 10.6. The molecule has 0 aliphatic carbocycles. The lowest BCUT2D eigenvalue weighted by molar-refractivity contribution is -0.150. The summed E-state index contributed by atoms with van der Waals surface area (Å²) in [5, 5.41) is 3.91. The predicted octanol–water partition coefficient (Wildman–Crippen LogP) is 2.53. The van der Waals surface area contributed by atoms with E-state index in [9.17, 15) is 4.79 Å². The summed E-state index contributed by atoms with van der Waals surface area (Å²) in [4.78, 5) is 17.1. The van der Waals surface area contributed by atoms with Gasteiger partial charge in [-0.25, -0.2) is 0 Å². The van der Waals surface area contributed by atoms with Crippen LogP contribution >= 0.6 is 0 Å². The van der Waals surface area contributed by atoms with Gasteiger partial charge in [0.1, 0.15) is 18.6 Å². The normalized spacial score (nSPS) is 22.2. The van der Waals surface area contributed by atoms with Gasteiger partial charge < -0.3 is 9.57 Å². The molecule has 1 aromatic carbocycles.